The van der Waals surface area contributed by atoms with Crippen molar-refractivity contribution in [2.75, 3.05) is 11.9 Å². The first-order valence-corrected chi connectivity index (χ1v) is 9.51. The normalized spacial score (nSPS) is 10.7. The van der Waals surface area contributed by atoms with Crippen LogP contribution in [0.5, 0.6) is 0 Å². The number of fused-ring (bicyclic) bond motifs is 1. The molecular formula is C22H17ClN4O3. The summed E-state index contributed by atoms with van der Waals surface area (Å²) in [7, 11) is 0. The van der Waals surface area contributed by atoms with Gasteiger partial charge in [-0.3, -0.25) is 9.78 Å². The number of pyridine rings is 1. The number of carbonyl (C=O) groups is 2. The Morgan fingerprint density at radius 3 is 2.83 bits per heavy atom. The molecule has 0 saturated heterocycles. The Labute approximate surface area is 177 Å². The van der Waals surface area contributed by atoms with Crippen molar-refractivity contribution >= 4 is 40.2 Å². The monoisotopic (exact) mass is 420 g/mol. The van der Waals surface area contributed by atoms with Gasteiger partial charge in [0, 0.05) is 28.7 Å². The number of hydrogen-bond acceptors (Lipinski definition) is 5. The summed E-state index contributed by atoms with van der Waals surface area (Å²) < 4.78 is 5.14. The van der Waals surface area contributed by atoms with Gasteiger partial charge in [-0.05, 0) is 55.0 Å². The Morgan fingerprint density at radius 2 is 2.03 bits per heavy atom. The number of rotatable bonds is 5. The van der Waals surface area contributed by atoms with Crippen molar-refractivity contribution in [3.05, 3.63) is 77.1 Å². The van der Waals surface area contributed by atoms with E-state index in [1.807, 2.05) is 12.1 Å². The SMILES string of the molecule is Cc1c(Cl)cccc1NC(=O)COC(=O)c1ccc2nc(-c3cccnc3)[nH]c2c1. The highest BCUT2D eigenvalue weighted by Gasteiger charge is 2.14. The van der Waals surface area contributed by atoms with Crippen molar-refractivity contribution in [2.45, 2.75) is 6.92 Å². The zero-order chi connectivity index (χ0) is 21.1. The van der Waals surface area contributed by atoms with Crippen molar-refractivity contribution in [3.63, 3.8) is 0 Å². The summed E-state index contributed by atoms with van der Waals surface area (Å²) in [4.78, 5) is 36.2. The number of imidazole rings is 1. The van der Waals surface area contributed by atoms with E-state index < -0.39 is 18.5 Å². The van der Waals surface area contributed by atoms with Crippen LogP contribution in [0.3, 0.4) is 0 Å². The van der Waals surface area contributed by atoms with Gasteiger partial charge in [0.25, 0.3) is 5.91 Å². The molecule has 1 amide bonds. The van der Waals surface area contributed by atoms with Crippen molar-refractivity contribution in [1.29, 1.82) is 0 Å². The Bertz CT molecular complexity index is 1240. The highest BCUT2D eigenvalue weighted by atomic mass is 35.5. The fourth-order valence-electron chi connectivity index (χ4n) is 2.92. The van der Waals surface area contributed by atoms with Gasteiger partial charge in [0.1, 0.15) is 5.82 Å². The minimum atomic E-state index is -0.604. The summed E-state index contributed by atoms with van der Waals surface area (Å²) in [6, 6.07) is 13.9. The standard InChI is InChI=1S/C22H17ClN4O3/c1-13-16(23)5-2-6-17(13)25-20(28)12-30-22(29)14-7-8-18-19(10-14)27-21(26-18)15-4-3-9-24-11-15/h2-11H,12H2,1H3,(H,25,28)(H,26,27). The first-order chi connectivity index (χ1) is 14.5. The molecule has 4 aromatic rings. The first kappa shape index (κ1) is 19.6. The molecule has 0 atom stereocenters. The van der Waals surface area contributed by atoms with Crippen molar-refractivity contribution < 1.29 is 14.3 Å². The molecule has 8 heteroatoms. The van der Waals surface area contributed by atoms with Crippen LogP contribution in [0.1, 0.15) is 15.9 Å². The van der Waals surface area contributed by atoms with E-state index in [0.29, 0.717) is 33.1 Å². The van der Waals surface area contributed by atoms with Gasteiger partial charge in [-0.25, -0.2) is 9.78 Å². The number of aromatic nitrogens is 3. The number of benzene rings is 2. The van der Waals surface area contributed by atoms with E-state index in [9.17, 15) is 9.59 Å². The van der Waals surface area contributed by atoms with Crippen LogP contribution in [0.25, 0.3) is 22.4 Å². The number of esters is 1. The molecule has 2 heterocycles. The smallest absolute Gasteiger partial charge is 0.338 e. The topological polar surface area (TPSA) is 97.0 Å². The molecule has 7 nitrogen and oxygen atoms in total. The highest BCUT2D eigenvalue weighted by molar-refractivity contribution is 6.31. The van der Waals surface area contributed by atoms with Gasteiger partial charge in [0.05, 0.1) is 16.6 Å². The molecule has 4 rings (SSSR count). The summed E-state index contributed by atoms with van der Waals surface area (Å²) in [6.07, 6.45) is 3.39. The van der Waals surface area contributed by atoms with Crippen LogP contribution >= 0.6 is 11.6 Å². The minimum absolute atomic E-state index is 0.315. The lowest BCUT2D eigenvalue weighted by Gasteiger charge is -2.10. The molecule has 0 fully saturated rings. The quantitative estimate of drug-likeness (QED) is 0.467. The van der Waals surface area contributed by atoms with E-state index in [1.165, 1.54) is 0 Å². The molecule has 2 aromatic heterocycles. The second kappa shape index (κ2) is 8.34. The van der Waals surface area contributed by atoms with Crippen LogP contribution in [0.4, 0.5) is 5.69 Å². The molecule has 0 bridgehead atoms. The maximum Gasteiger partial charge on any atom is 0.338 e. The number of anilines is 1. The van der Waals surface area contributed by atoms with E-state index in [-0.39, 0.29) is 0 Å². The summed E-state index contributed by atoms with van der Waals surface area (Å²) in [5.74, 6) is -0.400. The largest absolute Gasteiger partial charge is 0.452 e. The average molecular weight is 421 g/mol. The number of carbonyl (C=O) groups excluding carboxylic acids is 2. The second-order valence-corrected chi connectivity index (χ2v) is 7.00. The first-order valence-electron chi connectivity index (χ1n) is 9.13. The third-order valence-electron chi connectivity index (χ3n) is 4.53. The number of amides is 1. The van der Waals surface area contributed by atoms with Gasteiger partial charge < -0.3 is 15.0 Å². The molecule has 30 heavy (non-hydrogen) atoms. The van der Waals surface area contributed by atoms with Crippen LogP contribution in [0.2, 0.25) is 5.02 Å². The van der Waals surface area contributed by atoms with Crippen LogP contribution in [-0.4, -0.2) is 33.4 Å². The van der Waals surface area contributed by atoms with Crippen molar-refractivity contribution in [1.82, 2.24) is 15.0 Å². The number of nitrogens with zero attached hydrogens (tertiary/aromatic N) is 2. The number of nitrogens with one attached hydrogen (secondary N) is 2. The average Bonchev–Trinajstić information content (AvgIpc) is 3.19. The lowest BCUT2D eigenvalue weighted by atomic mass is 10.2. The number of H-pyrrole nitrogens is 1. The molecule has 0 aliphatic rings. The second-order valence-electron chi connectivity index (χ2n) is 6.60. The summed E-state index contributed by atoms with van der Waals surface area (Å²) in [5.41, 5.74) is 3.86. The summed E-state index contributed by atoms with van der Waals surface area (Å²) >= 11 is 6.05. The van der Waals surface area contributed by atoms with Gasteiger partial charge in [-0.1, -0.05) is 17.7 Å². The van der Waals surface area contributed by atoms with Gasteiger partial charge in [0.15, 0.2) is 6.61 Å². The summed E-state index contributed by atoms with van der Waals surface area (Å²) in [5, 5.41) is 3.23. The molecular weight excluding hydrogens is 404 g/mol. The Kier molecular flexibility index (Phi) is 5.45. The van der Waals surface area contributed by atoms with E-state index in [0.717, 1.165) is 11.1 Å². The minimum Gasteiger partial charge on any atom is -0.452 e. The van der Waals surface area contributed by atoms with Crippen molar-refractivity contribution in [3.8, 4) is 11.4 Å². The zero-order valence-electron chi connectivity index (χ0n) is 16.0. The Hall–Kier alpha value is -3.71. The number of ether oxygens (including phenoxy) is 1. The third-order valence-corrected chi connectivity index (χ3v) is 4.94. The van der Waals surface area contributed by atoms with Gasteiger partial charge in [-0.15, -0.1) is 0 Å². The molecule has 2 N–H and O–H groups in total. The van der Waals surface area contributed by atoms with Gasteiger partial charge >= 0.3 is 5.97 Å². The van der Waals surface area contributed by atoms with Crippen molar-refractivity contribution in [2.24, 2.45) is 0 Å². The molecule has 0 saturated carbocycles. The lowest BCUT2D eigenvalue weighted by molar-refractivity contribution is -0.119. The lowest BCUT2D eigenvalue weighted by Crippen LogP contribution is -2.21. The number of halogens is 1. The van der Waals surface area contributed by atoms with E-state index in [1.54, 1.807) is 55.7 Å². The van der Waals surface area contributed by atoms with Crippen LogP contribution in [0, 0.1) is 6.92 Å². The molecule has 0 spiro atoms. The molecule has 0 aliphatic heterocycles. The van der Waals surface area contributed by atoms with E-state index in [4.69, 9.17) is 16.3 Å². The van der Waals surface area contributed by atoms with E-state index >= 15 is 0 Å². The predicted octanol–water partition coefficient (Wildman–Crippen LogP) is 4.38. The Morgan fingerprint density at radius 1 is 1.17 bits per heavy atom. The molecule has 0 aliphatic carbocycles. The number of hydrogen-bond donors (Lipinski definition) is 2. The fourth-order valence-corrected chi connectivity index (χ4v) is 3.09. The highest BCUT2D eigenvalue weighted by Crippen LogP contribution is 2.23. The Balaban J connectivity index is 1.43. The predicted molar refractivity (Wildman–Crippen MR) is 114 cm³/mol. The molecule has 0 radical (unpaired) electrons. The van der Waals surface area contributed by atoms with Gasteiger partial charge in [-0.2, -0.15) is 0 Å². The third kappa shape index (κ3) is 4.16. The molecule has 0 unspecified atom stereocenters. The van der Waals surface area contributed by atoms with Crippen LogP contribution < -0.4 is 5.32 Å². The maximum absolute atomic E-state index is 12.4. The van der Waals surface area contributed by atoms with E-state index in [2.05, 4.69) is 20.3 Å². The van der Waals surface area contributed by atoms with Gasteiger partial charge in [0.2, 0.25) is 0 Å². The number of aromatic amines is 1. The van der Waals surface area contributed by atoms with Crippen LogP contribution in [-0.2, 0) is 9.53 Å². The summed E-state index contributed by atoms with van der Waals surface area (Å²) in [6.45, 7) is 1.38. The van der Waals surface area contributed by atoms with Crippen LogP contribution in [0.15, 0.2) is 60.9 Å². The molecule has 150 valence electrons. The maximum atomic E-state index is 12.4. The fraction of sp³-hybridized carbons (Fsp3) is 0.0909. The zero-order valence-corrected chi connectivity index (χ0v) is 16.7. The molecule has 2 aromatic carbocycles.